The molecule has 0 aromatic heterocycles. The number of aldehydes is 1. The summed E-state index contributed by atoms with van der Waals surface area (Å²) in [6, 6.07) is 16.5. The van der Waals surface area contributed by atoms with Crippen LogP contribution in [0.1, 0.15) is 34.0 Å². The fourth-order valence-corrected chi connectivity index (χ4v) is 4.48. The van der Waals surface area contributed by atoms with Gasteiger partial charge < -0.3 is 30.1 Å². The highest BCUT2D eigenvalue weighted by atomic mass is 16.5. The van der Waals surface area contributed by atoms with Gasteiger partial charge in [-0.15, -0.1) is 0 Å². The summed E-state index contributed by atoms with van der Waals surface area (Å²) >= 11 is 0. The van der Waals surface area contributed by atoms with E-state index in [1.807, 2.05) is 25.4 Å². The van der Waals surface area contributed by atoms with E-state index in [0.717, 1.165) is 18.3 Å². The van der Waals surface area contributed by atoms with Gasteiger partial charge in [0.1, 0.15) is 6.61 Å². The minimum Gasteiger partial charge on any atom is -0.493 e. The molecule has 2 atom stereocenters. The smallest absolute Gasteiger partial charge is 0.241 e. The van der Waals surface area contributed by atoms with Crippen LogP contribution in [0.2, 0.25) is 0 Å². The molecular weight excluding hydrogens is 496 g/mol. The summed E-state index contributed by atoms with van der Waals surface area (Å²) in [4.78, 5) is 31.0. The Morgan fingerprint density at radius 1 is 1.18 bits per heavy atom. The summed E-state index contributed by atoms with van der Waals surface area (Å²) in [5.74, 6) is 0.627. The van der Waals surface area contributed by atoms with Crippen LogP contribution >= 0.6 is 0 Å². The molecule has 4 rings (SSSR count). The van der Waals surface area contributed by atoms with E-state index in [2.05, 4.69) is 32.7 Å². The number of carbonyl (C=O) groups is 2. The van der Waals surface area contributed by atoms with Crippen LogP contribution in [0, 0.1) is 0 Å². The van der Waals surface area contributed by atoms with E-state index in [1.165, 1.54) is 18.4 Å². The molecule has 1 amide bonds. The van der Waals surface area contributed by atoms with Gasteiger partial charge in [0.15, 0.2) is 17.8 Å². The summed E-state index contributed by atoms with van der Waals surface area (Å²) in [5, 5.41) is 15.5. The SMILES string of the molecule is CNC(C)C(=O)Nc1cc(CO)cc(COc2cc(/N=C\C3Cc4ccccc4N3C)c(C=O)cc2OC)c1. The lowest BCUT2D eigenvalue weighted by atomic mass is 10.1. The molecule has 9 heteroatoms. The van der Waals surface area contributed by atoms with Crippen molar-refractivity contribution in [3.8, 4) is 11.5 Å². The van der Waals surface area contributed by atoms with Crippen molar-refractivity contribution in [2.75, 3.05) is 31.4 Å². The molecule has 1 heterocycles. The zero-order valence-corrected chi connectivity index (χ0v) is 22.6. The van der Waals surface area contributed by atoms with Gasteiger partial charge in [-0.1, -0.05) is 18.2 Å². The molecule has 0 fully saturated rings. The zero-order chi connectivity index (χ0) is 27.9. The number of aliphatic hydroxyl groups excluding tert-OH is 1. The second-order valence-corrected chi connectivity index (χ2v) is 9.45. The zero-order valence-electron chi connectivity index (χ0n) is 22.6. The summed E-state index contributed by atoms with van der Waals surface area (Å²) < 4.78 is 11.6. The number of nitrogens with zero attached hydrogens (tertiary/aromatic N) is 2. The van der Waals surface area contributed by atoms with Crippen LogP contribution in [0.25, 0.3) is 0 Å². The molecule has 0 aliphatic carbocycles. The molecule has 2 unspecified atom stereocenters. The quantitative estimate of drug-likeness (QED) is 0.255. The van der Waals surface area contributed by atoms with Gasteiger partial charge in [-0.2, -0.15) is 0 Å². The van der Waals surface area contributed by atoms with Crippen molar-refractivity contribution in [3.63, 3.8) is 0 Å². The number of likely N-dealkylation sites (N-methyl/N-ethyl adjacent to an activating group) is 2. The highest BCUT2D eigenvalue weighted by Gasteiger charge is 2.24. The number of aliphatic hydroxyl groups is 1. The predicted octanol–water partition coefficient (Wildman–Crippen LogP) is 3.89. The summed E-state index contributed by atoms with van der Waals surface area (Å²) in [6.45, 7) is 1.71. The monoisotopic (exact) mass is 530 g/mol. The molecule has 0 spiro atoms. The lowest BCUT2D eigenvalue weighted by molar-refractivity contribution is -0.117. The number of para-hydroxylation sites is 1. The first-order chi connectivity index (χ1) is 18.9. The van der Waals surface area contributed by atoms with Gasteiger partial charge in [-0.3, -0.25) is 14.6 Å². The number of anilines is 2. The van der Waals surface area contributed by atoms with Crippen LogP contribution < -0.4 is 25.0 Å². The van der Waals surface area contributed by atoms with Crippen molar-refractivity contribution < 1.29 is 24.2 Å². The second-order valence-electron chi connectivity index (χ2n) is 9.45. The topological polar surface area (TPSA) is 112 Å². The van der Waals surface area contributed by atoms with Gasteiger partial charge in [0.25, 0.3) is 0 Å². The van der Waals surface area contributed by atoms with Gasteiger partial charge >= 0.3 is 0 Å². The van der Waals surface area contributed by atoms with Crippen molar-refractivity contribution in [1.29, 1.82) is 0 Å². The third-order valence-corrected chi connectivity index (χ3v) is 6.85. The molecular formula is C30H34N4O5. The largest absolute Gasteiger partial charge is 0.493 e. The van der Waals surface area contributed by atoms with E-state index in [-0.39, 0.29) is 31.2 Å². The standard InChI is InChI=1S/C30H34N4O5/c1-19(31-2)30(37)33-24-10-20(16-35)9-21(11-24)18-39-29-14-26(23(17-36)13-28(29)38-4)32-15-25-12-22-7-5-6-8-27(22)34(25)3/h5-11,13-15,17,19,25,31,35H,12,16,18H2,1-4H3,(H,33,37)/b32-15-. The Morgan fingerprint density at radius 2 is 1.95 bits per heavy atom. The van der Waals surface area contributed by atoms with Crippen LogP contribution in [-0.4, -0.2) is 56.8 Å². The fraction of sp³-hybridized carbons (Fsp3) is 0.300. The molecule has 3 aromatic rings. The van der Waals surface area contributed by atoms with Crippen LogP contribution in [0.5, 0.6) is 11.5 Å². The lowest BCUT2D eigenvalue weighted by Gasteiger charge is -2.19. The van der Waals surface area contributed by atoms with Gasteiger partial charge in [0.2, 0.25) is 5.91 Å². The van der Waals surface area contributed by atoms with E-state index < -0.39 is 0 Å². The number of methoxy groups -OCH3 is 1. The summed E-state index contributed by atoms with van der Waals surface area (Å²) in [7, 11) is 5.25. The number of hydrogen-bond acceptors (Lipinski definition) is 8. The molecule has 3 aromatic carbocycles. The number of nitrogens with one attached hydrogen (secondary N) is 2. The van der Waals surface area contributed by atoms with E-state index in [1.54, 1.807) is 44.3 Å². The normalized spacial score (nSPS) is 15.2. The van der Waals surface area contributed by atoms with Gasteiger partial charge in [0, 0.05) is 36.3 Å². The van der Waals surface area contributed by atoms with E-state index in [0.29, 0.717) is 34.0 Å². The number of amides is 1. The number of aliphatic imine (C=N–C) groups is 1. The predicted molar refractivity (Wildman–Crippen MR) is 153 cm³/mol. The summed E-state index contributed by atoms with van der Waals surface area (Å²) in [6.07, 6.45) is 3.43. The number of ether oxygens (including phenoxy) is 2. The third kappa shape index (κ3) is 6.45. The Balaban J connectivity index is 1.55. The minimum absolute atomic E-state index is 0.0638. The lowest BCUT2D eigenvalue weighted by Crippen LogP contribution is -2.35. The average Bonchev–Trinajstić information content (AvgIpc) is 3.29. The molecule has 0 saturated carbocycles. The maximum atomic E-state index is 12.3. The van der Waals surface area contributed by atoms with Crippen LogP contribution in [0.3, 0.4) is 0 Å². The van der Waals surface area contributed by atoms with Crippen molar-refractivity contribution in [2.24, 2.45) is 4.99 Å². The molecule has 1 aliphatic heterocycles. The highest BCUT2D eigenvalue weighted by molar-refractivity contribution is 5.94. The molecule has 39 heavy (non-hydrogen) atoms. The minimum atomic E-state index is -0.375. The molecule has 1 aliphatic rings. The van der Waals surface area contributed by atoms with Gasteiger partial charge in [-0.25, -0.2) is 0 Å². The Morgan fingerprint density at radius 3 is 2.64 bits per heavy atom. The number of fused-ring (bicyclic) bond motifs is 1. The van der Waals surface area contributed by atoms with Gasteiger partial charge in [0.05, 0.1) is 31.5 Å². The first-order valence-electron chi connectivity index (χ1n) is 12.7. The molecule has 9 nitrogen and oxygen atoms in total. The Labute approximate surface area is 228 Å². The van der Waals surface area contributed by atoms with Crippen LogP contribution in [0.15, 0.2) is 59.6 Å². The maximum absolute atomic E-state index is 12.3. The van der Waals surface area contributed by atoms with E-state index >= 15 is 0 Å². The highest BCUT2D eigenvalue weighted by Crippen LogP contribution is 2.36. The van der Waals surface area contributed by atoms with E-state index in [9.17, 15) is 14.7 Å². The Kier molecular flexibility index (Phi) is 8.96. The average molecular weight is 531 g/mol. The summed E-state index contributed by atoms with van der Waals surface area (Å²) in [5.41, 5.74) is 5.23. The molecule has 204 valence electrons. The maximum Gasteiger partial charge on any atom is 0.241 e. The Hall–Kier alpha value is -4.21. The third-order valence-electron chi connectivity index (χ3n) is 6.85. The molecule has 3 N–H and O–H groups in total. The van der Waals surface area contributed by atoms with Crippen LogP contribution in [0.4, 0.5) is 17.1 Å². The number of carbonyl (C=O) groups excluding carboxylic acids is 2. The first-order valence-corrected chi connectivity index (χ1v) is 12.7. The van der Waals surface area contributed by atoms with Crippen molar-refractivity contribution in [2.45, 2.75) is 38.6 Å². The number of rotatable bonds is 11. The number of benzene rings is 3. The molecule has 0 saturated heterocycles. The van der Waals surface area contributed by atoms with Crippen molar-refractivity contribution in [3.05, 3.63) is 76.9 Å². The second kappa shape index (κ2) is 12.6. The number of hydrogen-bond donors (Lipinski definition) is 3. The Bertz CT molecular complexity index is 1370. The van der Waals surface area contributed by atoms with E-state index in [4.69, 9.17) is 9.47 Å². The first kappa shape index (κ1) is 27.8. The van der Waals surface area contributed by atoms with Crippen molar-refractivity contribution >= 4 is 35.5 Å². The molecule has 0 radical (unpaired) electrons. The fourth-order valence-electron chi connectivity index (χ4n) is 4.48. The van der Waals surface area contributed by atoms with Crippen LogP contribution in [-0.2, 0) is 24.4 Å². The van der Waals surface area contributed by atoms with Crippen molar-refractivity contribution in [1.82, 2.24) is 5.32 Å². The molecule has 0 bridgehead atoms. The van der Waals surface area contributed by atoms with Gasteiger partial charge in [-0.05, 0) is 67.4 Å².